The van der Waals surface area contributed by atoms with Crippen molar-refractivity contribution in [2.75, 3.05) is 14.2 Å². The number of methoxy groups -OCH3 is 2. The fourth-order valence-electron chi connectivity index (χ4n) is 3.95. The second-order valence-electron chi connectivity index (χ2n) is 10.3. The summed E-state index contributed by atoms with van der Waals surface area (Å²) >= 11 is 0. The second-order valence-corrected chi connectivity index (χ2v) is 16.2. The van der Waals surface area contributed by atoms with Crippen LogP contribution in [-0.4, -0.2) is 34.5 Å². The van der Waals surface area contributed by atoms with Crippen LogP contribution in [0.1, 0.15) is 52.7 Å². The number of aromatic nitrogens is 2. The van der Waals surface area contributed by atoms with Crippen molar-refractivity contribution in [3.63, 3.8) is 0 Å². The third-order valence-electron chi connectivity index (χ3n) is 5.85. The largest absolute Gasteiger partial charge is 0.494 e. The standard InChI is InChI=1S/C28H38N2O2P2/c1-27(2,3)33(25-23(31-7)15-11-17-29-25)19-21-13-9-10-14-22(21)20-34(28(4,5)6)26-24(32-8)16-12-18-30-26/h9-18H,19-20H2,1-8H3. The lowest BCUT2D eigenvalue weighted by Crippen LogP contribution is -2.25. The predicted octanol–water partition coefficient (Wildman–Crippen LogP) is 6.71. The van der Waals surface area contributed by atoms with Crippen LogP contribution >= 0.6 is 15.8 Å². The molecule has 2 aromatic heterocycles. The molecule has 0 bridgehead atoms. The van der Waals surface area contributed by atoms with E-state index in [0.717, 1.165) is 34.7 Å². The zero-order chi connectivity index (χ0) is 24.9. The molecular formula is C28H38N2O2P2. The van der Waals surface area contributed by atoms with Gasteiger partial charge in [-0.05, 0) is 73.9 Å². The molecule has 2 atom stereocenters. The van der Waals surface area contributed by atoms with Gasteiger partial charge in [-0.1, -0.05) is 65.8 Å². The lowest BCUT2D eigenvalue weighted by atomic mass is 10.1. The Morgan fingerprint density at radius 3 is 1.32 bits per heavy atom. The van der Waals surface area contributed by atoms with Crippen molar-refractivity contribution in [1.82, 2.24) is 9.97 Å². The second kappa shape index (κ2) is 11.1. The summed E-state index contributed by atoms with van der Waals surface area (Å²) in [6.45, 7) is 13.9. The van der Waals surface area contributed by atoms with Crippen molar-refractivity contribution in [3.05, 3.63) is 72.1 Å². The van der Waals surface area contributed by atoms with Crippen LogP contribution < -0.4 is 20.3 Å². The number of ether oxygens (including phenoxy) is 2. The first-order valence-electron chi connectivity index (χ1n) is 11.7. The van der Waals surface area contributed by atoms with E-state index >= 15 is 0 Å². The van der Waals surface area contributed by atoms with Crippen molar-refractivity contribution >= 4 is 26.7 Å². The van der Waals surface area contributed by atoms with Crippen molar-refractivity contribution in [1.29, 1.82) is 0 Å². The maximum absolute atomic E-state index is 5.72. The van der Waals surface area contributed by atoms with Crippen LogP contribution in [0.25, 0.3) is 0 Å². The molecule has 0 N–H and O–H groups in total. The van der Waals surface area contributed by atoms with E-state index in [-0.39, 0.29) is 10.3 Å². The Kier molecular flexibility index (Phi) is 8.72. The Labute approximate surface area is 208 Å². The highest BCUT2D eigenvalue weighted by Gasteiger charge is 2.33. The SMILES string of the molecule is COc1cccnc1P(Cc1ccccc1CP(c1ncccc1OC)C(C)(C)C)C(C)(C)C. The molecule has 3 rings (SSSR count). The molecule has 6 heteroatoms. The number of hydrogen-bond acceptors (Lipinski definition) is 4. The van der Waals surface area contributed by atoms with Gasteiger partial charge in [-0.2, -0.15) is 0 Å². The molecule has 0 aliphatic heterocycles. The fourth-order valence-corrected chi connectivity index (χ4v) is 9.05. The van der Waals surface area contributed by atoms with Gasteiger partial charge < -0.3 is 9.47 Å². The van der Waals surface area contributed by atoms with Crippen LogP contribution in [0.15, 0.2) is 60.9 Å². The van der Waals surface area contributed by atoms with Gasteiger partial charge in [0, 0.05) is 12.4 Å². The molecule has 0 aliphatic rings. The molecule has 34 heavy (non-hydrogen) atoms. The molecule has 2 heterocycles. The summed E-state index contributed by atoms with van der Waals surface area (Å²) in [7, 11) is 2.27. The normalized spacial score (nSPS) is 13.9. The van der Waals surface area contributed by atoms with Crippen LogP contribution in [0, 0.1) is 0 Å². The number of pyridine rings is 2. The minimum absolute atomic E-state index is 0.0864. The topological polar surface area (TPSA) is 44.2 Å². The van der Waals surface area contributed by atoms with Crippen LogP contribution in [-0.2, 0) is 12.3 Å². The number of nitrogens with zero attached hydrogens (tertiary/aromatic N) is 2. The van der Waals surface area contributed by atoms with Crippen molar-refractivity contribution in [3.8, 4) is 11.5 Å². The summed E-state index contributed by atoms with van der Waals surface area (Å²) in [5.41, 5.74) is 4.96. The number of hydrogen-bond donors (Lipinski definition) is 0. The van der Waals surface area contributed by atoms with Gasteiger partial charge in [0.1, 0.15) is 22.4 Å². The molecule has 0 saturated heterocycles. The zero-order valence-corrected chi connectivity index (χ0v) is 23.6. The van der Waals surface area contributed by atoms with Gasteiger partial charge in [0.15, 0.2) is 0 Å². The van der Waals surface area contributed by atoms with Gasteiger partial charge in [0.2, 0.25) is 0 Å². The zero-order valence-electron chi connectivity index (χ0n) is 21.8. The third-order valence-corrected chi connectivity index (χ3v) is 12.1. The molecular weight excluding hydrogens is 458 g/mol. The smallest absolute Gasteiger partial charge is 0.144 e. The van der Waals surface area contributed by atoms with E-state index in [1.165, 1.54) is 11.1 Å². The molecule has 0 radical (unpaired) electrons. The first kappa shape index (κ1) is 26.6. The number of benzene rings is 1. The van der Waals surface area contributed by atoms with Gasteiger partial charge in [0.05, 0.1) is 14.2 Å². The molecule has 0 aliphatic carbocycles. The van der Waals surface area contributed by atoms with Gasteiger partial charge >= 0.3 is 0 Å². The van der Waals surface area contributed by atoms with E-state index < -0.39 is 15.8 Å². The molecule has 0 fully saturated rings. The quantitative estimate of drug-likeness (QED) is 0.325. The Hall–Kier alpha value is -2.02. The lowest BCUT2D eigenvalue weighted by molar-refractivity contribution is 0.416. The minimum atomic E-state index is -0.602. The lowest BCUT2D eigenvalue weighted by Gasteiger charge is -2.34. The molecule has 0 amide bonds. The first-order chi connectivity index (χ1) is 16.1. The fraction of sp³-hybridized carbons (Fsp3) is 0.429. The first-order valence-corrected chi connectivity index (χ1v) is 14.7. The van der Waals surface area contributed by atoms with Gasteiger partial charge in [0.25, 0.3) is 0 Å². The number of rotatable bonds is 8. The van der Waals surface area contributed by atoms with Crippen molar-refractivity contribution < 1.29 is 9.47 Å². The monoisotopic (exact) mass is 496 g/mol. The third kappa shape index (κ3) is 6.35. The maximum atomic E-state index is 5.72. The highest BCUT2D eigenvalue weighted by Crippen LogP contribution is 2.55. The summed E-state index contributed by atoms with van der Waals surface area (Å²) in [4.78, 5) is 9.59. The maximum Gasteiger partial charge on any atom is 0.144 e. The van der Waals surface area contributed by atoms with Crippen LogP contribution in [0.5, 0.6) is 11.5 Å². The van der Waals surface area contributed by atoms with E-state index in [1.807, 2.05) is 36.7 Å². The molecule has 182 valence electrons. The Morgan fingerprint density at radius 2 is 1.00 bits per heavy atom. The van der Waals surface area contributed by atoms with Crippen molar-refractivity contribution in [2.45, 2.75) is 64.2 Å². The molecule has 4 nitrogen and oxygen atoms in total. The average Bonchev–Trinajstić information content (AvgIpc) is 2.80. The highest BCUT2D eigenvalue weighted by atomic mass is 31.1. The minimum Gasteiger partial charge on any atom is -0.494 e. The summed E-state index contributed by atoms with van der Waals surface area (Å²) in [6.07, 6.45) is 5.71. The highest BCUT2D eigenvalue weighted by molar-refractivity contribution is 7.66. The molecule has 1 aromatic carbocycles. The van der Waals surface area contributed by atoms with E-state index in [4.69, 9.17) is 19.4 Å². The van der Waals surface area contributed by atoms with Crippen LogP contribution in [0.2, 0.25) is 0 Å². The molecule has 2 unspecified atom stereocenters. The van der Waals surface area contributed by atoms with E-state index in [0.29, 0.717) is 0 Å². The Bertz CT molecular complexity index is 1000. The van der Waals surface area contributed by atoms with Crippen molar-refractivity contribution in [2.24, 2.45) is 0 Å². The van der Waals surface area contributed by atoms with Gasteiger partial charge in [-0.25, -0.2) is 0 Å². The average molecular weight is 497 g/mol. The summed E-state index contributed by atoms with van der Waals surface area (Å²) in [5.74, 6) is 1.77. The van der Waals surface area contributed by atoms with Crippen LogP contribution in [0.4, 0.5) is 0 Å². The summed E-state index contributed by atoms with van der Waals surface area (Å²) in [6, 6.07) is 16.8. The molecule has 0 saturated carbocycles. The Balaban J connectivity index is 2.03. The van der Waals surface area contributed by atoms with E-state index in [9.17, 15) is 0 Å². The molecule has 0 spiro atoms. The summed E-state index contributed by atoms with van der Waals surface area (Å²) < 4.78 is 11.4. The van der Waals surface area contributed by atoms with Crippen LogP contribution in [0.3, 0.4) is 0 Å². The van der Waals surface area contributed by atoms with E-state index in [1.54, 1.807) is 14.2 Å². The van der Waals surface area contributed by atoms with Gasteiger partial charge in [-0.15, -0.1) is 0 Å². The van der Waals surface area contributed by atoms with Gasteiger partial charge in [-0.3, -0.25) is 9.97 Å². The Morgan fingerprint density at radius 1 is 0.618 bits per heavy atom. The molecule has 3 aromatic rings. The predicted molar refractivity (Wildman–Crippen MR) is 148 cm³/mol. The summed E-state index contributed by atoms with van der Waals surface area (Å²) in [5, 5.41) is 0.173. The van der Waals surface area contributed by atoms with E-state index in [2.05, 4.69) is 65.8 Å².